The first-order valence-electron chi connectivity index (χ1n) is 5.52. The number of aliphatic hydroxyl groups is 1. The van der Waals surface area contributed by atoms with Gasteiger partial charge in [-0.3, -0.25) is 4.79 Å². The molecule has 0 radical (unpaired) electrons. The number of benzene rings is 1. The minimum absolute atomic E-state index is 0.00850. The van der Waals surface area contributed by atoms with Crippen LogP contribution < -0.4 is 0 Å². The van der Waals surface area contributed by atoms with E-state index in [9.17, 15) is 9.90 Å². The predicted molar refractivity (Wildman–Crippen MR) is 68.0 cm³/mol. The highest BCUT2D eigenvalue weighted by Crippen LogP contribution is 2.31. The van der Waals surface area contributed by atoms with E-state index in [2.05, 4.69) is 0 Å². The second-order valence-electron chi connectivity index (χ2n) is 3.71. The van der Waals surface area contributed by atoms with Crippen LogP contribution in [0, 0.1) is 0 Å². The Morgan fingerprint density at radius 2 is 2.24 bits per heavy atom. The van der Waals surface area contributed by atoms with Crippen molar-refractivity contribution in [1.82, 2.24) is 0 Å². The van der Waals surface area contributed by atoms with Gasteiger partial charge in [0, 0.05) is 4.70 Å². The number of hydrogen-bond acceptors (Lipinski definition) is 4. The fraction of sp³-hybridized carbons (Fsp3) is 0.308. The van der Waals surface area contributed by atoms with Crippen molar-refractivity contribution in [2.75, 3.05) is 6.61 Å². The largest absolute Gasteiger partial charge is 0.466 e. The molecule has 2 rings (SSSR count). The summed E-state index contributed by atoms with van der Waals surface area (Å²) in [5.41, 5.74) is 0.804. The molecule has 0 fully saturated rings. The van der Waals surface area contributed by atoms with E-state index in [0.717, 1.165) is 15.6 Å². The Balaban J connectivity index is 2.19. The first-order valence-corrected chi connectivity index (χ1v) is 6.40. The molecule has 1 atom stereocenters. The summed E-state index contributed by atoms with van der Waals surface area (Å²) in [5, 5.41) is 12.9. The first kappa shape index (κ1) is 12.1. The van der Waals surface area contributed by atoms with Crippen LogP contribution in [0.25, 0.3) is 10.1 Å². The number of rotatable bonds is 4. The van der Waals surface area contributed by atoms with Gasteiger partial charge in [-0.1, -0.05) is 18.2 Å². The molecule has 0 saturated carbocycles. The van der Waals surface area contributed by atoms with Crippen LogP contribution in [-0.4, -0.2) is 17.7 Å². The van der Waals surface area contributed by atoms with Crippen molar-refractivity contribution < 1.29 is 14.6 Å². The van der Waals surface area contributed by atoms with Gasteiger partial charge in [0.05, 0.1) is 19.1 Å². The molecular weight excluding hydrogens is 236 g/mol. The number of hydrogen-bond donors (Lipinski definition) is 1. The van der Waals surface area contributed by atoms with E-state index < -0.39 is 6.10 Å². The fourth-order valence-corrected chi connectivity index (χ4v) is 2.75. The summed E-state index contributed by atoms with van der Waals surface area (Å²) in [6.45, 7) is 2.10. The third kappa shape index (κ3) is 2.65. The Bertz CT molecular complexity index is 518. The molecule has 0 saturated heterocycles. The highest BCUT2D eigenvalue weighted by Gasteiger charge is 2.17. The van der Waals surface area contributed by atoms with Crippen LogP contribution in [0.3, 0.4) is 0 Å². The van der Waals surface area contributed by atoms with Gasteiger partial charge in [0.2, 0.25) is 0 Å². The molecule has 4 heteroatoms. The van der Waals surface area contributed by atoms with E-state index >= 15 is 0 Å². The van der Waals surface area contributed by atoms with Gasteiger partial charge in [0.1, 0.15) is 0 Å². The van der Waals surface area contributed by atoms with Crippen molar-refractivity contribution in [1.29, 1.82) is 0 Å². The lowest BCUT2D eigenvalue weighted by molar-refractivity contribution is -0.145. The molecule has 0 bridgehead atoms. The van der Waals surface area contributed by atoms with Crippen molar-refractivity contribution in [3.63, 3.8) is 0 Å². The number of thiophene rings is 1. The average Bonchev–Trinajstić information content (AvgIpc) is 2.72. The normalized spacial score (nSPS) is 12.6. The Kier molecular flexibility index (Phi) is 3.76. The summed E-state index contributed by atoms with van der Waals surface area (Å²) < 4.78 is 5.94. The molecule has 2 aromatic rings. The fourth-order valence-electron chi connectivity index (χ4n) is 1.74. The minimum atomic E-state index is -0.787. The van der Waals surface area contributed by atoms with E-state index in [1.54, 1.807) is 18.3 Å². The monoisotopic (exact) mass is 250 g/mol. The van der Waals surface area contributed by atoms with Crippen molar-refractivity contribution in [2.45, 2.75) is 19.4 Å². The number of esters is 1. The van der Waals surface area contributed by atoms with Gasteiger partial charge in [0.25, 0.3) is 0 Å². The minimum Gasteiger partial charge on any atom is -0.466 e. The zero-order valence-electron chi connectivity index (χ0n) is 9.55. The molecule has 1 aromatic carbocycles. The van der Waals surface area contributed by atoms with Crippen LogP contribution in [0.4, 0.5) is 0 Å². The summed E-state index contributed by atoms with van der Waals surface area (Å²) in [6, 6.07) is 7.84. The number of carbonyl (C=O) groups is 1. The van der Waals surface area contributed by atoms with Crippen molar-refractivity contribution in [2.24, 2.45) is 0 Å². The molecule has 0 unspecified atom stereocenters. The standard InChI is InChI=1S/C13H14O3S/c1-2-16-13(15)7-11(14)10-8-17-12-6-4-3-5-9(10)12/h3-6,8,11,14H,2,7H2,1H3/t11-/m0/s1. The van der Waals surface area contributed by atoms with E-state index in [1.165, 1.54) is 0 Å². The molecular formula is C13H14O3S. The van der Waals surface area contributed by atoms with Gasteiger partial charge in [0.15, 0.2) is 0 Å². The molecule has 0 aliphatic rings. The molecule has 0 amide bonds. The van der Waals surface area contributed by atoms with E-state index in [-0.39, 0.29) is 12.4 Å². The van der Waals surface area contributed by atoms with Crippen LogP contribution in [-0.2, 0) is 9.53 Å². The van der Waals surface area contributed by atoms with E-state index in [4.69, 9.17) is 4.74 Å². The Hall–Kier alpha value is -1.39. The number of carbonyl (C=O) groups excluding carboxylic acids is 1. The maximum absolute atomic E-state index is 11.3. The smallest absolute Gasteiger partial charge is 0.308 e. The molecule has 1 heterocycles. The second kappa shape index (κ2) is 5.29. The van der Waals surface area contributed by atoms with Gasteiger partial charge in [-0.05, 0) is 29.3 Å². The van der Waals surface area contributed by atoms with Gasteiger partial charge in [-0.15, -0.1) is 11.3 Å². The molecule has 0 aliphatic heterocycles. The first-order chi connectivity index (χ1) is 8.22. The van der Waals surface area contributed by atoms with Gasteiger partial charge in [-0.2, -0.15) is 0 Å². The van der Waals surface area contributed by atoms with Crippen LogP contribution >= 0.6 is 11.3 Å². The number of ether oxygens (including phenoxy) is 1. The zero-order chi connectivity index (χ0) is 12.3. The van der Waals surface area contributed by atoms with Crippen LogP contribution in [0.15, 0.2) is 29.6 Å². The van der Waals surface area contributed by atoms with E-state index in [1.807, 2.05) is 29.6 Å². The van der Waals surface area contributed by atoms with Crippen molar-refractivity contribution in [3.05, 3.63) is 35.2 Å². The Morgan fingerprint density at radius 1 is 1.47 bits per heavy atom. The van der Waals surface area contributed by atoms with Crippen LogP contribution in [0.1, 0.15) is 25.0 Å². The molecule has 90 valence electrons. The zero-order valence-corrected chi connectivity index (χ0v) is 10.4. The van der Waals surface area contributed by atoms with E-state index in [0.29, 0.717) is 6.61 Å². The Morgan fingerprint density at radius 3 is 3.00 bits per heavy atom. The highest BCUT2D eigenvalue weighted by atomic mass is 32.1. The Labute approximate surface area is 104 Å². The summed E-state index contributed by atoms with van der Waals surface area (Å²) in [7, 11) is 0. The lowest BCUT2D eigenvalue weighted by Gasteiger charge is -2.08. The third-order valence-electron chi connectivity index (χ3n) is 2.54. The topological polar surface area (TPSA) is 46.5 Å². The van der Waals surface area contributed by atoms with Crippen molar-refractivity contribution >= 4 is 27.4 Å². The quantitative estimate of drug-likeness (QED) is 0.849. The molecule has 3 nitrogen and oxygen atoms in total. The van der Waals surface area contributed by atoms with Gasteiger partial charge < -0.3 is 9.84 Å². The lowest BCUT2D eigenvalue weighted by atomic mass is 10.1. The summed E-state index contributed by atoms with van der Waals surface area (Å²) >= 11 is 1.57. The van der Waals surface area contributed by atoms with Crippen LogP contribution in [0.5, 0.6) is 0 Å². The summed E-state index contributed by atoms with van der Waals surface area (Å²) in [4.78, 5) is 11.3. The molecule has 1 N–H and O–H groups in total. The highest BCUT2D eigenvalue weighted by molar-refractivity contribution is 7.17. The molecule has 17 heavy (non-hydrogen) atoms. The maximum Gasteiger partial charge on any atom is 0.308 e. The molecule has 0 spiro atoms. The van der Waals surface area contributed by atoms with Gasteiger partial charge in [-0.25, -0.2) is 0 Å². The lowest BCUT2D eigenvalue weighted by Crippen LogP contribution is -2.09. The SMILES string of the molecule is CCOC(=O)C[C@H](O)c1csc2ccccc12. The van der Waals surface area contributed by atoms with Crippen LogP contribution in [0.2, 0.25) is 0 Å². The maximum atomic E-state index is 11.3. The molecule has 1 aromatic heterocycles. The van der Waals surface area contributed by atoms with Crippen molar-refractivity contribution in [3.8, 4) is 0 Å². The predicted octanol–water partition coefficient (Wildman–Crippen LogP) is 2.89. The number of fused-ring (bicyclic) bond motifs is 1. The summed E-state index contributed by atoms with van der Waals surface area (Å²) in [5.74, 6) is -0.365. The summed E-state index contributed by atoms with van der Waals surface area (Å²) in [6.07, 6.45) is -0.778. The number of aliphatic hydroxyl groups excluding tert-OH is 1. The van der Waals surface area contributed by atoms with Gasteiger partial charge >= 0.3 is 5.97 Å². The third-order valence-corrected chi connectivity index (χ3v) is 3.52. The second-order valence-corrected chi connectivity index (χ2v) is 4.62. The molecule has 0 aliphatic carbocycles. The average molecular weight is 250 g/mol.